The average Bonchev–Trinajstić information content (AvgIpc) is 3.43. The molecule has 2 N–H and O–H groups in total. The molecule has 2 saturated heterocycles. The van der Waals surface area contributed by atoms with Crippen molar-refractivity contribution in [3.05, 3.63) is 0 Å². The van der Waals surface area contributed by atoms with Gasteiger partial charge < -0.3 is 29.6 Å². The molecule has 8 atom stereocenters. The topological polar surface area (TPSA) is 154 Å². The summed E-state index contributed by atoms with van der Waals surface area (Å²) in [5.74, 6) is 0. The summed E-state index contributed by atoms with van der Waals surface area (Å²) in [6, 6.07) is -0.241. The van der Waals surface area contributed by atoms with E-state index in [1.807, 2.05) is 0 Å². The van der Waals surface area contributed by atoms with Crippen molar-refractivity contribution in [2.24, 2.45) is 31.6 Å². The van der Waals surface area contributed by atoms with Crippen molar-refractivity contribution in [2.75, 3.05) is 26.3 Å². The number of carbonyl (C=O) groups is 2. The van der Waals surface area contributed by atoms with Crippen LogP contribution in [0.15, 0.2) is 9.98 Å². The monoisotopic (exact) mass is 590 g/mol. The first kappa shape index (κ1) is 32.1. The fourth-order valence-corrected chi connectivity index (χ4v) is 8.32. The Balaban J connectivity index is 1.23. The number of alkyl carbamates (subject to hydrolysis) is 2. The first-order valence-electron chi connectivity index (χ1n) is 14.9. The van der Waals surface area contributed by atoms with Gasteiger partial charge in [0.1, 0.15) is 12.2 Å². The Labute approximate surface area is 247 Å². The van der Waals surface area contributed by atoms with Crippen LogP contribution in [0, 0.1) is 21.7 Å². The summed E-state index contributed by atoms with van der Waals surface area (Å²) in [4.78, 5) is 55.1. The maximum atomic E-state index is 12.7. The summed E-state index contributed by atoms with van der Waals surface area (Å²) in [6.45, 7) is 13.7. The fourth-order valence-electron chi connectivity index (χ4n) is 8.32. The lowest BCUT2D eigenvalue weighted by Crippen LogP contribution is -2.46. The Morgan fingerprint density at radius 1 is 0.714 bits per heavy atom. The van der Waals surface area contributed by atoms with Crippen LogP contribution in [0.5, 0.6) is 0 Å². The van der Waals surface area contributed by atoms with E-state index in [4.69, 9.17) is 18.9 Å². The Kier molecular flexibility index (Phi) is 9.53. The van der Waals surface area contributed by atoms with Crippen LogP contribution in [-0.2, 0) is 28.5 Å². The molecule has 2 heterocycles. The Bertz CT molecular complexity index is 1030. The van der Waals surface area contributed by atoms with Crippen LogP contribution in [0.2, 0.25) is 0 Å². The van der Waals surface area contributed by atoms with Gasteiger partial charge in [-0.25, -0.2) is 29.2 Å². The highest BCUT2D eigenvalue weighted by molar-refractivity contribution is 5.68. The number of nitrogens with zero attached hydrogens (tertiary/aromatic N) is 2. The van der Waals surface area contributed by atoms with Crippen molar-refractivity contribution in [1.82, 2.24) is 10.6 Å². The molecule has 0 aromatic carbocycles. The smallest absolute Gasteiger partial charge is 0.407 e. The van der Waals surface area contributed by atoms with Gasteiger partial charge in [0, 0.05) is 13.1 Å². The average molecular weight is 591 g/mol. The minimum atomic E-state index is -0.631. The van der Waals surface area contributed by atoms with Gasteiger partial charge >= 0.3 is 12.2 Å². The van der Waals surface area contributed by atoms with Crippen molar-refractivity contribution in [3.8, 4) is 0 Å². The molecule has 0 radical (unpaired) electrons. The summed E-state index contributed by atoms with van der Waals surface area (Å²) in [5.41, 5.74) is -0.534. The summed E-state index contributed by atoms with van der Waals surface area (Å²) in [7, 11) is 0. The van der Waals surface area contributed by atoms with Crippen LogP contribution in [0.25, 0.3) is 0 Å². The van der Waals surface area contributed by atoms with Crippen LogP contribution in [-0.4, -0.2) is 87.1 Å². The molecule has 42 heavy (non-hydrogen) atoms. The van der Waals surface area contributed by atoms with E-state index in [2.05, 4.69) is 62.2 Å². The number of nitrogens with one attached hydrogen (secondary N) is 2. The van der Waals surface area contributed by atoms with E-state index in [9.17, 15) is 19.2 Å². The molecule has 0 aromatic rings. The molecule has 234 valence electrons. The lowest BCUT2D eigenvalue weighted by atomic mass is 9.62. The highest BCUT2D eigenvalue weighted by Crippen LogP contribution is 2.47. The highest BCUT2D eigenvalue weighted by atomic mass is 16.7. The molecule has 2 aliphatic carbocycles. The second-order valence-corrected chi connectivity index (χ2v) is 15.1. The van der Waals surface area contributed by atoms with E-state index in [0.29, 0.717) is 25.9 Å². The number of amides is 2. The molecule has 2 saturated carbocycles. The van der Waals surface area contributed by atoms with Gasteiger partial charge in [-0.3, -0.25) is 0 Å². The Hall–Kier alpha value is -2.78. The van der Waals surface area contributed by atoms with Gasteiger partial charge in [-0.2, -0.15) is 0 Å². The van der Waals surface area contributed by atoms with Crippen LogP contribution >= 0.6 is 0 Å². The highest BCUT2D eigenvalue weighted by Gasteiger charge is 2.51. The van der Waals surface area contributed by atoms with Gasteiger partial charge in [0.15, 0.2) is 12.2 Å². The lowest BCUT2D eigenvalue weighted by Gasteiger charge is -2.45. The molecule has 4 unspecified atom stereocenters. The molecule has 2 aliphatic heterocycles. The number of ether oxygens (including phenoxy) is 4. The van der Waals surface area contributed by atoms with Crippen molar-refractivity contribution < 1.29 is 38.1 Å². The number of carbonyl (C=O) groups excluding carboxylic acids is 4. The molecule has 12 nitrogen and oxygen atoms in total. The zero-order chi connectivity index (χ0) is 30.8. The summed E-state index contributed by atoms with van der Waals surface area (Å²) < 4.78 is 23.0. The largest absolute Gasteiger partial charge is 0.441 e. The van der Waals surface area contributed by atoms with Crippen LogP contribution < -0.4 is 10.6 Å². The van der Waals surface area contributed by atoms with Gasteiger partial charge in [0.2, 0.25) is 12.2 Å². The molecule has 4 fully saturated rings. The zero-order valence-corrected chi connectivity index (χ0v) is 25.7. The normalized spacial score (nSPS) is 38.2. The van der Waals surface area contributed by atoms with E-state index in [1.165, 1.54) is 0 Å². The zero-order valence-electron chi connectivity index (χ0n) is 25.7. The second kappa shape index (κ2) is 12.4. The Morgan fingerprint density at radius 3 is 1.45 bits per heavy atom. The molecule has 4 aliphatic rings. The molecule has 0 aromatic heterocycles. The summed E-state index contributed by atoms with van der Waals surface area (Å²) in [6.07, 6.45) is 4.58. The second-order valence-electron chi connectivity index (χ2n) is 15.1. The van der Waals surface area contributed by atoms with Gasteiger partial charge in [0.05, 0.1) is 25.3 Å². The molecule has 0 bridgehead atoms. The van der Waals surface area contributed by atoms with E-state index in [1.54, 1.807) is 12.2 Å². The van der Waals surface area contributed by atoms with Crippen molar-refractivity contribution in [3.63, 3.8) is 0 Å². The van der Waals surface area contributed by atoms with Crippen molar-refractivity contribution in [2.45, 2.75) is 117 Å². The molecule has 0 spiro atoms. The number of rotatable bonds is 8. The molecule has 4 rings (SSSR count). The summed E-state index contributed by atoms with van der Waals surface area (Å²) in [5, 5.41) is 5.75. The number of aliphatic imine (C=N–C) groups is 2. The van der Waals surface area contributed by atoms with Gasteiger partial charge in [-0.15, -0.1) is 0 Å². The number of fused-ring (bicyclic) bond motifs is 1. The molecule has 12 heteroatoms. The lowest BCUT2D eigenvalue weighted by molar-refractivity contribution is -0.0139. The molecular weight excluding hydrogens is 544 g/mol. The van der Waals surface area contributed by atoms with Gasteiger partial charge in [0.25, 0.3) is 0 Å². The number of hydrogen-bond acceptors (Lipinski definition) is 10. The summed E-state index contributed by atoms with van der Waals surface area (Å²) >= 11 is 0. The SMILES string of the molecule is CC1(C)CC(N=C=O)CC(C)(CNC(=O)O[C@H]2CO[C@H]3[C@@H]2OC[C@H]3OC(=O)NCC2(C)CC(N=C=O)CC(C)(C)C2)C1. The quantitative estimate of drug-likeness (QED) is 0.320. The first-order valence-corrected chi connectivity index (χ1v) is 14.9. The van der Waals surface area contributed by atoms with Crippen molar-refractivity contribution in [1.29, 1.82) is 0 Å². The van der Waals surface area contributed by atoms with E-state index in [-0.39, 0.29) is 47.0 Å². The van der Waals surface area contributed by atoms with Crippen LogP contribution in [0.1, 0.15) is 80.1 Å². The van der Waals surface area contributed by atoms with E-state index >= 15 is 0 Å². The van der Waals surface area contributed by atoms with Gasteiger partial charge in [-0.05, 0) is 60.2 Å². The van der Waals surface area contributed by atoms with Gasteiger partial charge in [-0.1, -0.05) is 41.5 Å². The maximum absolute atomic E-state index is 12.7. The third-order valence-electron chi connectivity index (χ3n) is 9.11. The van der Waals surface area contributed by atoms with E-state index < -0.39 is 36.6 Å². The fraction of sp³-hybridized carbons (Fsp3) is 0.867. The third kappa shape index (κ3) is 8.19. The predicted octanol–water partition coefficient (Wildman–Crippen LogP) is 3.82. The van der Waals surface area contributed by atoms with E-state index in [0.717, 1.165) is 25.7 Å². The third-order valence-corrected chi connectivity index (χ3v) is 9.11. The maximum Gasteiger partial charge on any atom is 0.407 e. The number of hydrogen-bond donors (Lipinski definition) is 2. The molecule has 2 amide bonds. The van der Waals surface area contributed by atoms with Crippen LogP contribution in [0.4, 0.5) is 9.59 Å². The minimum Gasteiger partial charge on any atom is -0.441 e. The minimum absolute atomic E-state index is 0.0207. The Morgan fingerprint density at radius 2 is 1.10 bits per heavy atom. The van der Waals surface area contributed by atoms with Crippen LogP contribution in [0.3, 0.4) is 0 Å². The molecular formula is C30H46N4O8. The predicted molar refractivity (Wildman–Crippen MR) is 151 cm³/mol. The first-order chi connectivity index (χ1) is 19.6. The number of isocyanates is 2. The standard InChI is InChI=1S/C30H46N4O8/c1-27(2)7-19(33-17-35)9-29(5,13-27)15-31-25(37)41-21-11-39-24-22(12-40-23(21)24)42-26(38)32-16-30(6)10-20(34-18-36)8-28(3,4)14-30/h19-24H,7-16H2,1-6H3,(H,31,37)(H,32,38)/t19?,20?,21-,22+,23-,24-,29?,30?/m1/s1. The van der Waals surface area contributed by atoms with Crippen molar-refractivity contribution >= 4 is 24.3 Å².